The monoisotopic (exact) mass is 625 g/mol. The maximum Gasteiger partial charge on any atom is 0.243 e. The molecular weight excluding hydrogens is 584 g/mol. The molecule has 7 nitrogen and oxygen atoms in total. The van der Waals surface area contributed by atoms with Crippen molar-refractivity contribution >= 4 is 27.5 Å². The Balaban J connectivity index is 1.59. The summed E-state index contributed by atoms with van der Waals surface area (Å²) in [6.07, 6.45) is 6.41. The normalized spacial score (nSPS) is 14.5. The van der Waals surface area contributed by atoms with Gasteiger partial charge in [-0.05, 0) is 49.4 Å². The number of hydrogen-bond donors (Lipinski definition) is 1. The average Bonchev–Trinajstić information content (AvgIpc) is 2.99. The quantitative estimate of drug-likeness (QED) is 0.256. The molecule has 0 unspecified atom stereocenters. The Hall–Kier alpha value is -3.79. The van der Waals surface area contributed by atoms with Crippen molar-refractivity contribution in [3.8, 4) is 0 Å². The molecule has 1 fully saturated rings. The van der Waals surface area contributed by atoms with Crippen molar-refractivity contribution in [1.82, 2.24) is 10.2 Å². The number of sulfonamides is 1. The number of benzene rings is 3. The van der Waals surface area contributed by atoms with Gasteiger partial charge in [-0.2, -0.15) is 0 Å². The van der Waals surface area contributed by atoms with Gasteiger partial charge < -0.3 is 10.2 Å². The number of rotatable bonds is 13. The van der Waals surface area contributed by atoms with Crippen molar-refractivity contribution in [1.29, 1.82) is 0 Å². The molecule has 10 heteroatoms. The first kappa shape index (κ1) is 33.1. The number of hydrogen-bond acceptors (Lipinski definition) is 4. The van der Waals surface area contributed by atoms with Crippen LogP contribution in [-0.4, -0.2) is 50.0 Å². The molecule has 0 saturated heterocycles. The smallest absolute Gasteiger partial charge is 0.243 e. The van der Waals surface area contributed by atoms with Crippen LogP contribution in [0.1, 0.15) is 61.6 Å². The van der Waals surface area contributed by atoms with E-state index in [1.54, 1.807) is 4.90 Å². The first-order valence-corrected chi connectivity index (χ1v) is 17.0. The van der Waals surface area contributed by atoms with Gasteiger partial charge in [0.05, 0.1) is 11.9 Å². The maximum absolute atomic E-state index is 14.0. The third-order valence-corrected chi connectivity index (χ3v) is 9.20. The molecule has 1 aliphatic rings. The van der Waals surface area contributed by atoms with Crippen LogP contribution in [0.2, 0.25) is 0 Å². The number of aryl methyl sites for hydroxylation is 1. The molecule has 0 radical (unpaired) electrons. The lowest BCUT2D eigenvalue weighted by molar-refractivity contribution is -0.141. The van der Waals surface area contributed by atoms with Gasteiger partial charge in [-0.3, -0.25) is 13.9 Å². The summed E-state index contributed by atoms with van der Waals surface area (Å²) in [5, 5.41) is 3.21. The zero-order valence-electron chi connectivity index (χ0n) is 25.3. The fourth-order valence-corrected chi connectivity index (χ4v) is 6.71. The van der Waals surface area contributed by atoms with Gasteiger partial charge in [0.25, 0.3) is 0 Å². The van der Waals surface area contributed by atoms with Crippen LogP contribution in [0.5, 0.6) is 0 Å². The molecule has 1 saturated carbocycles. The highest BCUT2D eigenvalue weighted by atomic mass is 32.2. The van der Waals surface area contributed by atoms with E-state index in [2.05, 4.69) is 5.32 Å². The molecule has 0 aliphatic heterocycles. The molecule has 1 N–H and O–H groups in total. The highest BCUT2D eigenvalue weighted by Gasteiger charge is 2.32. The van der Waals surface area contributed by atoms with Crippen LogP contribution in [0.15, 0.2) is 72.8 Å². The number of nitrogens with zero attached hydrogens (tertiary/aromatic N) is 2. The van der Waals surface area contributed by atoms with E-state index in [4.69, 9.17) is 0 Å². The van der Waals surface area contributed by atoms with E-state index in [0.717, 1.165) is 71.5 Å². The number of anilines is 1. The number of carbonyl (C=O) groups is 2. The second kappa shape index (κ2) is 15.3. The molecule has 0 heterocycles. The Labute approximate surface area is 259 Å². The zero-order chi connectivity index (χ0) is 31.7. The summed E-state index contributed by atoms with van der Waals surface area (Å²) < 4.78 is 53.6. The number of carbonyl (C=O) groups excluding carboxylic acids is 2. The fraction of sp³-hybridized carbons (Fsp3) is 0.412. The Morgan fingerprint density at radius 3 is 2.27 bits per heavy atom. The van der Waals surface area contributed by atoms with E-state index in [1.807, 2.05) is 61.5 Å². The van der Waals surface area contributed by atoms with Crippen molar-refractivity contribution in [2.75, 3.05) is 17.1 Å². The second-order valence-electron chi connectivity index (χ2n) is 11.6. The third-order valence-electron chi connectivity index (χ3n) is 8.00. The van der Waals surface area contributed by atoms with Gasteiger partial charge in [-0.25, -0.2) is 17.2 Å². The van der Waals surface area contributed by atoms with Gasteiger partial charge in [-0.15, -0.1) is 0 Å². The van der Waals surface area contributed by atoms with Crippen molar-refractivity contribution < 1.29 is 26.8 Å². The van der Waals surface area contributed by atoms with Crippen molar-refractivity contribution in [2.24, 2.45) is 0 Å². The van der Waals surface area contributed by atoms with Crippen molar-refractivity contribution in [2.45, 2.75) is 76.9 Å². The van der Waals surface area contributed by atoms with Gasteiger partial charge in [0.1, 0.15) is 6.04 Å². The summed E-state index contributed by atoms with van der Waals surface area (Å²) in [5.41, 5.74) is 2.79. The van der Waals surface area contributed by atoms with E-state index >= 15 is 0 Å². The molecular formula is C34H41F2N3O4S. The van der Waals surface area contributed by atoms with Crippen LogP contribution >= 0.6 is 0 Å². The number of amides is 2. The molecule has 3 aromatic carbocycles. The summed E-state index contributed by atoms with van der Waals surface area (Å²) >= 11 is 0. The maximum atomic E-state index is 14.0. The molecule has 236 valence electrons. The Morgan fingerprint density at radius 2 is 1.61 bits per heavy atom. The summed E-state index contributed by atoms with van der Waals surface area (Å²) in [5.74, 6) is -2.75. The lowest BCUT2D eigenvalue weighted by Crippen LogP contribution is -2.53. The first-order chi connectivity index (χ1) is 21.0. The molecule has 44 heavy (non-hydrogen) atoms. The summed E-state index contributed by atoms with van der Waals surface area (Å²) in [6, 6.07) is 19.5. The standard InChI is InChI=1S/C34H41F2N3O4S/c1-25-11-9-14-27(21-25)24-38(32(22-26-12-5-3-6-13-26)34(41)37-28-15-7-4-8-16-28)33(40)17-10-20-39(44(2,42)43)29-18-19-30(35)31(36)23-29/h3,5-6,9,11-14,18-19,21,23,28,32H,4,7-8,10,15-17,20,22,24H2,1-2H3,(H,37,41)/t32-/m1/s1. The van der Waals surface area contributed by atoms with Gasteiger partial charge in [0, 0.05) is 38.0 Å². The Bertz CT molecular complexity index is 1530. The predicted molar refractivity (Wildman–Crippen MR) is 168 cm³/mol. The summed E-state index contributed by atoms with van der Waals surface area (Å²) in [7, 11) is -3.85. The van der Waals surface area contributed by atoms with Crippen LogP contribution < -0.4 is 9.62 Å². The Morgan fingerprint density at radius 1 is 0.909 bits per heavy atom. The molecule has 1 aliphatic carbocycles. The predicted octanol–water partition coefficient (Wildman–Crippen LogP) is 5.91. The molecule has 0 spiro atoms. The van der Waals surface area contributed by atoms with Crippen LogP contribution in [0.3, 0.4) is 0 Å². The molecule has 0 aromatic heterocycles. The van der Waals surface area contributed by atoms with Crippen LogP contribution in [0, 0.1) is 18.6 Å². The first-order valence-electron chi connectivity index (χ1n) is 15.1. The summed E-state index contributed by atoms with van der Waals surface area (Å²) in [4.78, 5) is 29.5. The largest absolute Gasteiger partial charge is 0.352 e. The minimum Gasteiger partial charge on any atom is -0.352 e. The minimum absolute atomic E-state index is 0.0238. The molecule has 2 amide bonds. The highest BCUT2D eigenvalue weighted by molar-refractivity contribution is 7.92. The van der Waals surface area contributed by atoms with Crippen molar-refractivity contribution in [3.63, 3.8) is 0 Å². The highest BCUT2D eigenvalue weighted by Crippen LogP contribution is 2.23. The average molecular weight is 626 g/mol. The van der Waals surface area contributed by atoms with E-state index in [1.165, 1.54) is 6.07 Å². The number of halogens is 2. The molecule has 1 atom stereocenters. The van der Waals surface area contributed by atoms with E-state index < -0.39 is 27.7 Å². The third kappa shape index (κ3) is 9.35. The summed E-state index contributed by atoms with van der Waals surface area (Å²) in [6.45, 7) is 2.05. The van der Waals surface area contributed by atoms with Crippen LogP contribution in [0.4, 0.5) is 14.5 Å². The van der Waals surface area contributed by atoms with E-state index in [9.17, 15) is 26.8 Å². The van der Waals surface area contributed by atoms with Crippen LogP contribution in [0.25, 0.3) is 0 Å². The van der Waals surface area contributed by atoms with Gasteiger partial charge in [0.2, 0.25) is 21.8 Å². The SMILES string of the molecule is Cc1cccc(CN(C(=O)CCCN(c2ccc(F)c(F)c2)S(C)(=O)=O)[C@H](Cc2ccccc2)C(=O)NC2CCCCC2)c1. The van der Waals surface area contributed by atoms with Crippen LogP contribution in [-0.2, 0) is 32.6 Å². The van der Waals surface area contributed by atoms with E-state index in [0.29, 0.717) is 6.42 Å². The number of nitrogens with one attached hydrogen (secondary N) is 1. The lowest BCUT2D eigenvalue weighted by Gasteiger charge is -2.34. The topological polar surface area (TPSA) is 86.8 Å². The lowest BCUT2D eigenvalue weighted by atomic mass is 9.94. The van der Waals surface area contributed by atoms with Gasteiger partial charge in [0.15, 0.2) is 11.6 Å². The molecule has 3 aromatic rings. The van der Waals surface area contributed by atoms with Gasteiger partial charge in [-0.1, -0.05) is 79.4 Å². The van der Waals surface area contributed by atoms with E-state index in [-0.39, 0.29) is 49.5 Å². The molecule has 4 rings (SSSR count). The zero-order valence-corrected chi connectivity index (χ0v) is 26.2. The van der Waals surface area contributed by atoms with Gasteiger partial charge >= 0.3 is 0 Å². The Kier molecular flexibility index (Phi) is 11.5. The molecule has 0 bridgehead atoms. The fourth-order valence-electron chi connectivity index (χ4n) is 5.75. The van der Waals surface area contributed by atoms with Crippen molar-refractivity contribution in [3.05, 3.63) is 101 Å². The second-order valence-corrected chi connectivity index (χ2v) is 13.5. The minimum atomic E-state index is -3.85.